The van der Waals surface area contributed by atoms with Crippen molar-refractivity contribution < 1.29 is 19.1 Å². The predicted octanol–water partition coefficient (Wildman–Crippen LogP) is 2.79. The van der Waals surface area contributed by atoms with Gasteiger partial charge >= 0.3 is 0 Å². The fourth-order valence-corrected chi connectivity index (χ4v) is 3.78. The molecule has 148 valence electrons. The van der Waals surface area contributed by atoms with Crippen LogP contribution in [-0.2, 0) is 17.9 Å². The molecule has 0 spiro atoms. The number of rotatable bonds is 5. The van der Waals surface area contributed by atoms with Crippen LogP contribution in [0.1, 0.15) is 11.1 Å². The van der Waals surface area contributed by atoms with Crippen LogP contribution < -0.4 is 14.4 Å². The number of fused-ring (bicyclic) bond motifs is 1. The van der Waals surface area contributed by atoms with Crippen molar-refractivity contribution >= 4 is 11.4 Å². The summed E-state index contributed by atoms with van der Waals surface area (Å²) in [7, 11) is 1.68. The van der Waals surface area contributed by atoms with E-state index in [2.05, 4.69) is 15.9 Å². The molecule has 0 bridgehead atoms. The molecule has 1 saturated heterocycles. The average molecular weight is 385 g/mol. The average Bonchev–Trinajstić information content (AvgIpc) is 2.74. The van der Waals surface area contributed by atoms with Crippen LogP contribution in [0.25, 0.3) is 0 Å². The van der Waals surface area contributed by atoms with Gasteiger partial charge in [-0.3, -0.25) is 15.0 Å². The Hall–Kier alpha value is -2.84. The zero-order valence-electron chi connectivity index (χ0n) is 15.8. The molecule has 2 aromatic rings. The third-order valence-electron chi connectivity index (χ3n) is 5.17. The first-order valence-corrected chi connectivity index (χ1v) is 9.27. The first kappa shape index (κ1) is 18.5. The van der Waals surface area contributed by atoms with Crippen LogP contribution >= 0.6 is 0 Å². The van der Waals surface area contributed by atoms with Crippen LogP contribution in [0.3, 0.4) is 0 Å². The van der Waals surface area contributed by atoms with Crippen LogP contribution in [0.5, 0.6) is 11.5 Å². The number of non-ortho nitro benzene ring substituents is 1. The summed E-state index contributed by atoms with van der Waals surface area (Å²) in [6.07, 6.45) is 0. The van der Waals surface area contributed by atoms with E-state index in [9.17, 15) is 10.1 Å². The van der Waals surface area contributed by atoms with E-state index in [1.54, 1.807) is 13.2 Å². The molecule has 2 heterocycles. The van der Waals surface area contributed by atoms with Crippen LogP contribution in [0.15, 0.2) is 36.4 Å². The Morgan fingerprint density at radius 1 is 1.18 bits per heavy atom. The van der Waals surface area contributed by atoms with Gasteiger partial charge in [-0.15, -0.1) is 0 Å². The summed E-state index contributed by atoms with van der Waals surface area (Å²) in [6.45, 7) is 4.57. The van der Waals surface area contributed by atoms with E-state index in [-0.39, 0.29) is 17.4 Å². The van der Waals surface area contributed by atoms with Crippen molar-refractivity contribution in [2.24, 2.45) is 0 Å². The Labute approximate surface area is 163 Å². The summed E-state index contributed by atoms with van der Waals surface area (Å²) in [5.41, 5.74) is 2.76. The van der Waals surface area contributed by atoms with Crippen LogP contribution in [0, 0.1) is 10.1 Å². The van der Waals surface area contributed by atoms with Gasteiger partial charge in [0, 0.05) is 56.0 Å². The maximum Gasteiger partial charge on any atom is 0.270 e. The normalized spacial score (nSPS) is 17.0. The van der Waals surface area contributed by atoms with E-state index < -0.39 is 0 Å². The molecule has 0 aliphatic carbocycles. The zero-order chi connectivity index (χ0) is 19.5. The number of piperazine rings is 1. The molecule has 0 unspecified atom stereocenters. The minimum absolute atomic E-state index is 0.0792. The van der Waals surface area contributed by atoms with Gasteiger partial charge in [0.1, 0.15) is 11.5 Å². The molecular formula is C20H23N3O5. The van der Waals surface area contributed by atoms with E-state index in [1.807, 2.05) is 18.2 Å². The number of hydrogen-bond acceptors (Lipinski definition) is 7. The van der Waals surface area contributed by atoms with Crippen molar-refractivity contribution in [3.8, 4) is 11.5 Å². The highest BCUT2D eigenvalue weighted by Gasteiger charge is 2.24. The lowest BCUT2D eigenvalue weighted by atomic mass is 10.1. The molecule has 0 saturated carbocycles. The highest BCUT2D eigenvalue weighted by Crippen LogP contribution is 2.34. The van der Waals surface area contributed by atoms with E-state index in [1.165, 1.54) is 6.07 Å². The number of anilines is 1. The lowest BCUT2D eigenvalue weighted by Crippen LogP contribution is -2.46. The highest BCUT2D eigenvalue weighted by atomic mass is 16.7. The molecular weight excluding hydrogens is 362 g/mol. The summed E-state index contributed by atoms with van der Waals surface area (Å²) in [6, 6.07) is 11.2. The minimum atomic E-state index is -0.363. The molecule has 1 fully saturated rings. The molecule has 8 heteroatoms. The highest BCUT2D eigenvalue weighted by molar-refractivity contribution is 5.58. The standard InChI is InChI=1S/C20H23N3O5/c1-26-19-5-3-2-4-18(19)22-8-6-21(7-9-22)12-15-10-17(23(24)25)11-16-13-27-14-28-20(15)16/h2-5,10-11H,6-9,12-14H2,1H3. The summed E-state index contributed by atoms with van der Waals surface area (Å²) < 4.78 is 16.4. The van der Waals surface area contributed by atoms with Crippen molar-refractivity contribution in [1.29, 1.82) is 0 Å². The molecule has 4 rings (SSSR count). The topological polar surface area (TPSA) is 77.3 Å². The lowest BCUT2D eigenvalue weighted by molar-refractivity contribution is -0.385. The van der Waals surface area contributed by atoms with Crippen LogP contribution in [0.4, 0.5) is 11.4 Å². The fourth-order valence-electron chi connectivity index (χ4n) is 3.78. The number of ether oxygens (including phenoxy) is 3. The second-order valence-electron chi connectivity index (χ2n) is 6.90. The predicted molar refractivity (Wildman–Crippen MR) is 104 cm³/mol. The Morgan fingerprint density at radius 2 is 1.96 bits per heavy atom. The van der Waals surface area contributed by atoms with Gasteiger partial charge in [0.25, 0.3) is 5.69 Å². The zero-order valence-corrected chi connectivity index (χ0v) is 15.8. The lowest BCUT2D eigenvalue weighted by Gasteiger charge is -2.37. The number of hydrogen-bond donors (Lipinski definition) is 0. The Kier molecular flexibility index (Phi) is 5.31. The van der Waals surface area contributed by atoms with Gasteiger partial charge in [-0.05, 0) is 12.1 Å². The maximum atomic E-state index is 11.3. The first-order valence-electron chi connectivity index (χ1n) is 9.27. The quantitative estimate of drug-likeness (QED) is 0.578. The smallest absolute Gasteiger partial charge is 0.270 e. The molecule has 0 radical (unpaired) electrons. The largest absolute Gasteiger partial charge is 0.495 e. The molecule has 2 aromatic carbocycles. The Balaban J connectivity index is 1.48. The van der Waals surface area contributed by atoms with E-state index in [0.29, 0.717) is 13.2 Å². The van der Waals surface area contributed by atoms with Crippen molar-refractivity contribution in [3.63, 3.8) is 0 Å². The van der Waals surface area contributed by atoms with Crippen LogP contribution in [-0.4, -0.2) is 49.9 Å². The summed E-state index contributed by atoms with van der Waals surface area (Å²) in [5, 5.41) is 11.3. The number of nitro benzene ring substituents is 1. The van der Waals surface area contributed by atoms with Crippen molar-refractivity contribution in [3.05, 3.63) is 57.6 Å². The molecule has 0 N–H and O–H groups in total. The molecule has 0 aromatic heterocycles. The first-order chi connectivity index (χ1) is 13.7. The molecule has 8 nitrogen and oxygen atoms in total. The minimum Gasteiger partial charge on any atom is -0.495 e. The second kappa shape index (κ2) is 8.04. The third-order valence-corrected chi connectivity index (χ3v) is 5.17. The third kappa shape index (κ3) is 3.74. The molecule has 0 atom stereocenters. The van der Waals surface area contributed by atoms with Gasteiger partial charge in [-0.1, -0.05) is 12.1 Å². The Morgan fingerprint density at radius 3 is 2.71 bits per heavy atom. The molecule has 2 aliphatic rings. The van der Waals surface area contributed by atoms with Gasteiger partial charge < -0.3 is 19.1 Å². The molecule has 2 aliphatic heterocycles. The number of methoxy groups -OCH3 is 1. The van der Waals surface area contributed by atoms with Crippen molar-refractivity contribution in [2.75, 3.05) is 45.0 Å². The van der Waals surface area contributed by atoms with Gasteiger partial charge in [0.2, 0.25) is 0 Å². The van der Waals surface area contributed by atoms with Gasteiger partial charge in [0.15, 0.2) is 6.79 Å². The number of para-hydroxylation sites is 2. The van der Waals surface area contributed by atoms with Gasteiger partial charge in [0.05, 0.1) is 24.3 Å². The van der Waals surface area contributed by atoms with Crippen LogP contribution in [0.2, 0.25) is 0 Å². The summed E-state index contributed by atoms with van der Waals surface area (Å²) in [5.74, 6) is 1.60. The van der Waals surface area contributed by atoms with E-state index in [0.717, 1.165) is 54.5 Å². The molecule has 28 heavy (non-hydrogen) atoms. The van der Waals surface area contributed by atoms with E-state index in [4.69, 9.17) is 14.2 Å². The van der Waals surface area contributed by atoms with Gasteiger partial charge in [-0.25, -0.2) is 0 Å². The number of benzene rings is 2. The fraction of sp³-hybridized carbons (Fsp3) is 0.400. The Bertz CT molecular complexity index is 865. The van der Waals surface area contributed by atoms with E-state index >= 15 is 0 Å². The second-order valence-corrected chi connectivity index (χ2v) is 6.90. The monoisotopic (exact) mass is 385 g/mol. The number of nitrogens with zero attached hydrogens (tertiary/aromatic N) is 3. The summed E-state index contributed by atoms with van der Waals surface area (Å²) >= 11 is 0. The SMILES string of the molecule is COc1ccccc1N1CCN(Cc2cc([N+](=O)[O-])cc3c2OCOC3)CC1. The summed E-state index contributed by atoms with van der Waals surface area (Å²) in [4.78, 5) is 15.5. The van der Waals surface area contributed by atoms with Crippen molar-refractivity contribution in [2.45, 2.75) is 13.2 Å². The number of nitro groups is 1. The molecule has 0 amide bonds. The van der Waals surface area contributed by atoms with Gasteiger partial charge in [-0.2, -0.15) is 0 Å². The van der Waals surface area contributed by atoms with Crippen molar-refractivity contribution in [1.82, 2.24) is 4.90 Å². The maximum absolute atomic E-state index is 11.3.